The third-order valence-electron chi connectivity index (χ3n) is 19.2. The van der Waals surface area contributed by atoms with E-state index in [-0.39, 0.29) is 6.71 Å². The Morgan fingerprint density at radius 1 is 0.271 bits per heavy atom. The summed E-state index contributed by atoms with van der Waals surface area (Å²) in [5.74, 6) is 0.579. The summed E-state index contributed by atoms with van der Waals surface area (Å²) in [6.07, 6.45) is 0. The maximum atomic E-state index is 8.67. The first-order valence-electron chi connectivity index (χ1n) is 32.6. The van der Waals surface area contributed by atoms with Gasteiger partial charge in [-0.05, 0) is 151 Å². The smallest absolute Gasteiger partial charge is 0.252 e. The molecule has 0 bridgehead atoms. The van der Waals surface area contributed by atoms with Crippen molar-refractivity contribution in [2.45, 2.75) is 0 Å². The van der Waals surface area contributed by atoms with Gasteiger partial charge in [0.15, 0.2) is 5.82 Å². The average Bonchev–Trinajstić information content (AvgIpc) is 0.852. The van der Waals surface area contributed by atoms with E-state index in [4.69, 9.17) is 16.5 Å². The van der Waals surface area contributed by atoms with Gasteiger partial charge in [0.1, 0.15) is 0 Å². The Morgan fingerprint density at radius 3 is 1.12 bits per heavy atom. The lowest BCUT2D eigenvalue weighted by Gasteiger charge is -2.44. The van der Waals surface area contributed by atoms with Gasteiger partial charge in [0, 0.05) is 61.6 Å². The summed E-state index contributed by atoms with van der Waals surface area (Å²) in [5.41, 5.74) is 29.5. The van der Waals surface area contributed by atoms with Crippen LogP contribution in [0.25, 0.3) is 122 Å². The van der Waals surface area contributed by atoms with Crippen LogP contribution < -0.4 is 26.2 Å². The molecule has 16 aromatic rings. The van der Waals surface area contributed by atoms with Crippen LogP contribution in [-0.4, -0.2) is 21.2 Å². The van der Waals surface area contributed by atoms with Gasteiger partial charge in [-0.15, -0.1) is 0 Å². The normalized spacial score (nSPS) is 12.1. The molecule has 18 rings (SSSR count). The first-order chi connectivity index (χ1) is 47.5. The third-order valence-corrected chi connectivity index (χ3v) is 19.2. The van der Waals surface area contributed by atoms with Crippen LogP contribution in [0.15, 0.2) is 346 Å². The third kappa shape index (κ3) is 9.66. The number of hydrogen-bond donors (Lipinski definition) is 0. The minimum Gasteiger partial charge on any atom is -0.319 e. The fourth-order valence-electron chi connectivity index (χ4n) is 14.7. The Morgan fingerprint density at radius 2 is 0.646 bits per heavy atom. The summed E-state index contributed by atoms with van der Waals surface area (Å²) in [6.45, 7) is 8.51. The predicted octanol–water partition coefficient (Wildman–Crippen LogP) is 21.5. The molecule has 0 radical (unpaired) electrons. The molecule has 0 fully saturated rings. The van der Waals surface area contributed by atoms with Crippen LogP contribution in [0.3, 0.4) is 0 Å². The van der Waals surface area contributed by atoms with Crippen LogP contribution in [0.4, 0.5) is 39.8 Å². The molecule has 4 heterocycles. The van der Waals surface area contributed by atoms with E-state index in [1.165, 1.54) is 49.8 Å². The zero-order valence-electron chi connectivity index (χ0n) is 52.2. The van der Waals surface area contributed by atoms with Crippen molar-refractivity contribution in [3.63, 3.8) is 0 Å². The van der Waals surface area contributed by atoms with Crippen LogP contribution in [-0.2, 0) is 0 Å². The zero-order valence-corrected chi connectivity index (χ0v) is 52.2. The van der Waals surface area contributed by atoms with Crippen molar-refractivity contribution in [2.24, 2.45) is 0 Å². The van der Waals surface area contributed by atoms with Gasteiger partial charge in [-0.3, -0.25) is 0 Å². The highest BCUT2D eigenvalue weighted by molar-refractivity contribution is 7.00. The molecule has 14 aromatic carbocycles. The Kier molecular flexibility index (Phi) is 13.6. The monoisotopic (exact) mass is 1220 g/mol. The zero-order chi connectivity index (χ0) is 63.6. The summed E-state index contributed by atoms with van der Waals surface area (Å²) in [6, 6.07) is 124. The van der Waals surface area contributed by atoms with Crippen LogP contribution in [0, 0.1) is 6.57 Å². The molecule has 0 saturated heterocycles. The van der Waals surface area contributed by atoms with Gasteiger partial charge < -0.3 is 14.4 Å². The minimum atomic E-state index is -0.162. The van der Waals surface area contributed by atoms with Crippen molar-refractivity contribution in [3.05, 3.63) is 357 Å². The number of fused-ring (bicyclic) bond motifs is 7. The summed E-state index contributed by atoms with van der Waals surface area (Å²) in [4.78, 5) is 19.7. The van der Waals surface area contributed by atoms with Gasteiger partial charge in [-0.25, -0.2) is 14.8 Å². The number of para-hydroxylation sites is 1. The van der Waals surface area contributed by atoms with Crippen LogP contribution in [0.2, 0.25) is 0 Å². The number of nitrogens with zero attached hydrogens (tertiary/aromatic N) is 6. The molecule has 0 aliphatic carbocycles. The first kappa shape index (κ1) is 55.9. The lowest BCUT2D eigenvalue weighted by molar-refractivity contribution is 1.16. The van der Waals surface area contributed by atoms with Crippen molar-refractivity contribution in [1.29, 1.82) is 0 Å². The summed E-state index contributed by atoms with van der Waals surface area (Å²) in [5, 5.41) is 2.15. The molecule has 2 aliphatic heterocycles. The van der Waals surface area contributed by atoms with Gasteiger partial charge >= 0.3 is 0 Å². The van der Waals surface area contributed by atoms with Crippen LogP contribution >= 0.6 is 0 Å². The van der Waals surface area contributed by atoms with E-state index in [0.29, 0.717) is 11.5 Å². The van der Waals surface area contributed by atoms with Gasteiger partial charge in [-0.2, -0.15) is 0 Å². The lowest BCUT2D eigenvalue weighted by Crippen LogP contribution is -2.61. The van der Waals surface area contributed by atoms with Gasteiger partial charge in [0.05, 0.1) is 34.7 Å². The SMILES string of the molecule is [C-]#[N+]c1ccc(-c2nc(-c3ccccc3)cc(-c3ccccc3)n2)cc1-n1c2ccccc2c2cc(-c3cc4c5c(c3)N(c3ccc(-c6ccccc6)cc3)c3ccc(-c6ccccc6)cc3B5c3cc(-c5ccccc5)ccc3N4c3ccc(-c4ccccc4)cc3)ccc21. The largest absolute Gasteiger partial charge is 0.319 e. The second kappa shape index (κ2) is 23.3. The number of rotatable bonds is 11. The number of anilines is 6. The molecule has 0 N–H and O–H groups in total. The molecule has 96 heavy (non-hydrogen) atoms. The minimum absolute atomic E-state index is 0.162. The standard InChI is InChI=1S/C89H57BN6/c1-91-78-48-40-70(89-92-79(65-30-16-6-17-31-65)58-80(93-89)66-32-18-7-19-33-66)55-85(78)96-81-35-21-20-34-74(81)75-52-67(41-49-82(75)96)71-56-86-88-87(57-71)95(73-46-38-64(39-47-73)60-24-10-3-11-25-60)84-51-43-69(62-28-14-5-15-29-62)54-77(84)90(88)76-53-68(61-26-12-4-13-27-61)42-50-83(76)94(86)72-44-36-63(37-45-72)59-22-8-2-9-23-59/h2-58H. The van der Waals surface area contributed by atoms with Crippen molar-refractivity contribution in [1.82, 2.24) is 14.5 Å². The molecular formula is C89H57BN6. The topological polar surface area (TPSA) is 41.6 Å². The molecule has 2 aliphatic rings. The first-order valence-corrected chi connectivity index (χ1v) is 32.6. The van der Waals surface area contributed by atoms with Gasteiger partial charge in [-0.1, -0.05) is 267 Å². The Balaban J connectivity index is 0.867. The van der Waals surface area contributed by atoms with E-state index in [1.807, 2.05) is 48.5 Å². The highest BCUT2D eigenvalue weighted by atomic mass is 15.2. The molecule has 0 atom stereocenters. The molecular weight excluding hydrogens is 1160 g/mol. The summed E-state index contributed by atoms with van der Waals surface area (Å²) in [7, 11) is 0. The van der Waals surface area contributed by atoms with Gasteiger partial charge in [0.2, 0.25) is 5.69 Å². The molecule has 2 aromatic heterocycles. The molecule has 7 heteroatoms. The number of hydrogen-bond acceptors (Lipinski definition) is 4. The van der Waals surface area contributed by atoms with E-state index in [0.717, 1.165) is 112 Å². The van der Waals surface area contributed by atoms with Crippen molar-refractivity contribution < 1.29 is 0 Å². The Labute approximate surface area is 558 Å². The number of benzene rings is 14. The predicted molar refractivity (Wildman–Crippen MR) is 400 cm³/mol. The Bertz CT molecular complexity index is 5440. The highest BCUT2D eigenvalue weighted by Gasteiger charge is 2.44. The van der Waals surface area contributed by atoms with E-state index in [9.17, 15) is 0 Å². The highest BCUT2D eigenvalue weighted by Crippen LogP contribution is 2.49. The number of aromatic nitrogens is 3. The second-order valence-electron chi connectivity index (χ2n) is 24.7. The second-order valence-corrected chi connectivity index (χ2v) is 24.7. The molecule has 0 amide bonds. The quantitative estimate of drug-likeness (QED) is 0.0956. The van der Waals surface area contributed by atoms with E-state index < -0.39 is 0 Å². The lowest BCUT2D eigenvalue weighted by atomic mass is 9.33. The molecule has 6 nitrogen and oxygen atoms in total. The van der Waals surface area contributed by atoms with Crippen molar-refractivity contribution in [3.8, 4) is 95.2 Å². The molecule has 0 unspecified atom stereocenters. The Hall–Kier alpha value is -12.9. The van der Waals surface area contributed by atoms with Crippen molar-refractivity contribution >= 4 is 84.7 Å². The summed E-state index contributed by atoms with van der Waals surface area (Å²) >= 11 is 0. The fourth-order valence-corrected chi connectivity index (χ4v) is 14.7. The fraction of sp³-hybridized carbons (Fsp3) is 0. The van der Waals surface area contributed by atoms with Crippen molar-refractivity contribution in [2.75, 3.05) is 9.80 Å². The molecule has 446 valence electrons. The van der Waals surface area contributed by atoms with E-state index in [2.05, 4.69) is 316 Å². The molecule has 0 saturated carbocycles. The maximum absolute atomic E-state index is 8.67. The molecule has 0 spiro atoms. The maximum Gasteiger partial charge on any atom is 0.252 e. The van der Waals surface area contributed by atoms with Gasteiger partial charge in [0.25, 0.3) is 6.71 Å². The van der Waals surface area contributed by atoms with E-state index in [1.54, 1.807) is 0 Å². The average molecular weight is 1220 g/mol. The van der Waals surface area contributed by atoms with Crippen LogP contribution in [0.1, 0.15) is 0 Å². The van der Waals surface area contributed by atoms with E-state index >= 15 is 0 Å². The van der Waals surface area contributed by atoms with Crippen LogP contribution in [0.5, 0.6) is 0 Å². The summed E-state index contributed by atoms with van der Waals surface area (Å²) < 4.78 is 2.26.